The molecule has 1 aromatic carbocycles. The van der Waals surface area contributed by atoms with E-state index in [1.807, 2.05) is 0 Å². The molecule has 0 aliphatic carbocycles. The van der Waals surface area contributed by atoms with E-state index in [4.69, 9.17) is 20.9 Å². The number of aromatic nitrogens is 2. The highest BCUT2D eigenvalue weighted by Crippen LogP contribution is 2.32. The van der Waals surface area contributed by atoms with Crippen LogP contribution in [-0.4, -0.2) is 49.0 Å². The molecule has 0 radical (unpaired) electrons. The van der Waals surface area contributed by atoms with Crippen LogP contribution in [0, 0.1) is 12.8 Å². The predicted octanol–water partition coefficient (Wildman–Crippen LogP) is 3.81. The molecular formula is C20H21ClN4O5S2. The Morgan fingerprint density at radius 3 is 2.72 bits per heavy atom. The summed E-state index contributed by atoms with van der Waals surface area (Å²) in [5, 5.41) is 8.84. The number of piperidine rings is 1. The summed E-state index contributed by atoms with van der Waals surface area (Å²) in [5.41, 5.74) is 1.08. The molecule has 0 spiro atoms. The van der Waals surface area contributed by atoms with Crippen molar-refractivity contribution in [1.82, 2.24) is 14.4 Å². The minimum absolute atomic E-state index is 0.187. The number of sulfonamides is 1. The van der Waals surface area contributed by atoms with Gasteiger partial charge in [0.25, 0.3) is 10.0 Å². The molecule has 1 amide bonds. The van der Waals surface area contributed by atoms with Gasteiger partial charge in [-0.15, -0.1) is 11.3 Å². The zero-order valence-electron chi connectivity index (χ0n) is 17.4. The van der Waals surface area contributed by atoms with Crippen molar-refractivity contribution < 1.29 is 22.5 Å². The van der Waals surface area contributed by atoms with Gasteiger partial charge in [0.05, 0.1) is 12.8 Å². The number of ether oxygens (including phenoxy) is 1. The number of halogens is 1. The third kappa shape index (κ3) is 4.65. The molecule has 0 atom stereocenters. The number of benzene rings is 1. The predicted molar refractivity (Wildman–Crippen MR) is 120 cm³/mol. The van der Waals surface area contributed by atoms with E-state index >= 15 is 0 Å². The molecule has 32 heavy (non-hydrogen) atoms. The van der Waals surface area contributed by atoms with Gasteiger partial charge in [0.2, 0.25) is 17.6 Å². The van der Waals surface area contributed by atoms with Gasteiger partial charge >= 0.3 is 0 Å². The molecule has 1 aliphatic rings. The zero-order valence-corrected chi connectivity index (χ0v) is 19.8. The fourth-order valence-corrected chi connectivity index (χ4v) is 6.44. The Kier molecular flexibility index (Phi) is 6.52. The van der Waals surface area contributed by atoms with E-state index < -0.39 is 10.0 Å². The van der Waals surface area contributed by atoms with Crippen LogP contribution in [0.5, 0.6) is 5.75 Å². The van der Waals surface area contributed by atoms with Crippen molar-refractivity contribution >= 4 is 44.6 Å². The quantitative estimate of drug-likeness (QED) is 0.551. The fourth-order valence-electron chi connectivity index (χ4n) is 3.48. The molecule has 1 fully saturated rings. The number of amides is 1. The highest BCUT2D eigenvalue weighted by atomic mass is 35.5. The van der Waals surface area contributed by atoms with E-state index in [1.54, 1.807) is 36.6 Å². The lowest BCUT2D eigenvalue weighted by molar-refractivity contribution is -0.120. The van der Waals surface area contributed by atoms with Crippen LogP contribution in [-0.2, 0) is 14.8 Å². The molecule has 3 aromatic rings. The van der Waals surface area contributed by atoms with E-state index in [1.165, 1.54) is 11.4 Å². The van der Waals surface area contributed by atoms with Gasteiger partial charge in [-0.05, 0) is 37.1 Å². The molecule has 3 heterocycles. The van der Waals surface area contributed by atoms with Crippen LogP contribution in [0.2, 0.25) is 5.02 Å². The van der Waals surface area contributed by atoms with Gasteiger partial charge in [0.15, 0.2) is 0 Å². The summed E-state index contributed by atoms with van der Waals surface area (Å²) in [6, 6.07) is 6.53. The average molecular weight is 497 g/mol. The Bertz CT molecular complexity index is 1230. The van der Waals surface area contributed by atoms with Crippen LogP contribution in [0.15, 0.2) is 38.4 Å². The highest BCUT2D eigenvalue weighted by Gasteiger charge is 2.33. The van der Waals surface area contributed by atoms with Gasteiger partial charge in [0.1, 0.15) is 9.96 Å². The Balaban J connectivity index is 1.40. The van der Waals surface area contributed by atoms with Crippen LogP contribution in [0.3, 0.4) is 0 Å². The molecule has 0 bridgehead atoms. The van der Waals surface area contributed by atoms with Crippen LogP contribution in [0.25, 0.3) is 11.4 Å². The second-order valence-electron chi connectivity index (χ2n) is 7.30. The van der Waals surface area contributed by atoms with E-state index in [-0.39, 0.29) is 29.1 Å². The van der Waals surface area contributed by atoms with Crippen LogP contribution in [0.1, 0.15) is 18.7 Å². The minimum atomic E-state index is -3.67. The van der Waals surface area contributed by atoms with Gasteiger partial charge in [-0.1, -0.05) is 16.8 Å². The van der Waals surface area contributed by atoms with Crippen molar-refractivity contribution in [2.75, 3.05) is 25.5 Å². The summed E-state index contributed by atoms with van der Waals surface area (Å²) >= 11 is 7.13. The summed E-state index contributed by atoms with van der Waals surface area (Å²) in [5.74, 6) is 0.770. The number of aryl methyl sites for hydroxylation is 1. The first kappa shape index (κ1) is 22.7. The third-order valence-corrected chi connectivity index (χ3v) is 8.75. The van der Waals surface area contributed by atoms with Gasteiger partial charge in [-0.2, -0.15) is 9.29 Å². The number of thiophene rings is 1. The smallest absolute Gasteiger partial charge is 0.252 e. The summed E-state index contributed by atoms with van der Waals surface area (Å²) < 4.78 is 38.0. The van der Waals surface area contributed by atoms with E-state index in [0.29, 0.717) is 46.6 Å². The van der Waals surface area contributed by atoms with E-state index in [9.17, 15) is 13.2 Å². The largest absolute Gasteiger partial charge is 0.495 e. The molecule has 12 heteroatoms. The Hall–Kier alpha value is -2.47. The molecule has 0 saturated carbocycles. The van der Waals surface area contributed by atoms with Gasteiger partial charge in [-0.3, -0.25) is 4.79 Å². The number of hydrogen-bond acceptors (Lipinski definition) is 8. The fraction of sp³-hybridized carbons (Fsp3) is 0.350. The first-order chi connectivity index (χ1) is 15.3. The molecule has 0 unspecified atom stereocenters. The molecule has 1 N–H and O–H groups in total. The first-order valence-electron chi connectivity index (χ1n) is 9.81. The standard InChI is InChI=1S/C20H21ClN4O5S2/c1-12-22-19(24-30-12)14-9-18(31-11-14)32(27,28)25-7-5-13(6-8-25)20(26)23-16-10-15(21)3-4-17(16)29-2/h3-4,9-11,13H,5-8H2,1-2H3,(H,23,26). The van der Waals surface area contributed by atoms with Crippen molar-refractivity contribution in [2.45, 2.75) is 24.0 Å². The van der Waals surface area contributed by atoms with Gasteiger partial charge in [-0.25, -0.2) is 8.42 Å². The number of carbonyl (C=O) groups is 1. The number of methoxy groups -OCH3 is 1. The maximum Gasteiger partial charge on any atom is 0.252 e. The lowest BCUT2D eigenvalue weighted by atomic mass is 9.97. The number of anilines is 1. The number of rotatable bonds is 6. The SMILES string of the molecule is COc1ccc(Cl)cc1NC(=O)C1CCN(S(=O)(=O)c2cc(-c3noc(C)n3)cs2)CC1. The highest BCUT2D eigenvalue weighted by molar-refractivity contribution is 7.91. The summed E-state index contributed by atoms with van der Waals surface area (Å²) in [6.45, 7) is 2.17. The second kappa shape index (κ2) is 9.18. The molecule has 1 saturated heterocycles. The van der Waals surface area contributed by atoms with E-state index in [0.717, 1.165) is 11.3 Å². The van der Waals surface area contributed by atoms with Crippen LogP contribution < -0.4 is 10.1 Å². The molecular weight excluding hydrogens is 476 g/mol. The van der Waals surface area contributed by atoms with Crippen LogP contribution >= 0.6 is 22.9 Å². The van der Waals surface area contributed by atoms with Crippen molar-refractivity contribution in [3.8, 4) is 17.1 Å². The van der Waals surface area contributed by atoms with Crippen molar-refractivity contribution in [3.63, 3.8) is 0 Å². The second-order valence-corrected chi connectivity index (χ2v) is 10.8. The minimum Gasteiger partial charge on any atom is -0.495 e. The van der Waals surface area contributed by atoms with Crippen molar-refractivity contribution in [1.29, 1.82) is 0 Å². The molecule has 4 rings (SSSR count). The van der Waals surface area contributed by atoms with Gasteiger partial charge < -0.3 is 14.6 Å². The number of nitrogens with zero attached hydrogens (tertiary/aromatic N) is 3. The van der Waals surface area contributed by atoms with Crippen molar-refractivity contribution in [3.05, 3.63) is 40.6 Å². The number of carbonyl (C=O) groups excluding carboxylic acids is 1. The molecule has 9 nitrogen and oxygen atoms in total. The Morgan fingerprint density at radius 1 is 1.31 bits per heavy atom. The normalized spacial score (nSPS) is 15.6. The lowest BCUT2D eigenvalue weighted by Gasteiger charge is -2.30. The first-order valence-corrected chi connectivity index (χ1v) is 12.5. The molecule has 2 aromatic heterocycles. The average Bonchev–Trinajstić information content (AvgIpc) is 3.43. The summed E-state index contributed by atoms with van der Waals surface area (Å²) in [4.78, 5) is 16.9. The summed E-state index contributed by atoms with van der Waals surface area (Å²) in [6.07, 6.45) is 0.826. The van der Waals surface area contributed by atoms with E-state index in [2.05, 4.69) is 15.5 Å². The Morgan fingerprint density at radius 2 is 2.06 bits per heavy atom. The monoisotopic (exact) mass is 496 g/mol. The van der Waals surface area contributed by atoms with Crippen molar-refractivity contribution in [2.24, 2.45) is 5.92 Å². The van der Waals surface area contributed by atoms with Gasteiger partial charge in [0, 0.05) is 41.9 Å². The maximum atomic E-state index is 13.1. The maximum absolute atomic E-state index is 13.1. The molecule has 1 aliphatic heterocycles. The number of hydrogen-bond donors (Lipinski definition) is 1. The Labute approximate surface area is 194 Å². The zero-order chi connectivity index (χ0) is 22.9. The van der Waals surface area contributed by atoms with Crippen LogP contribution in [0.4, 0.5) is 5.69 Å². The lowest BCUT2D eigenvalue weighted by Crippen LogP contribution is -2.41. The molecule has 170 valence electrons. The number of nitrogens with one attached hydrogen (secondary N) is 1. The summed E-state index contributed by atoms with van der Waals surface area (Å²) in [7, 11) is -2.16. The third-order valence-electron chi connectivity index (χ3n) is 5.20. The topological polar surface area (TPSA) is 115 Å².